The van der Waals surface area contributed by atoms with Crippen molar-refractivity contribution in [2.24, 2.45) is 0 Å². The minimum atomic E-state index is -0.672. The second-order valence-electron chi connectivity index (χ2n) is 7.25. The summed E-state index contributed by atoms with van der Waals surface area (Å²) in [5.74, 6) is -1.01. The number of ether oxygens (including phenoxy) is 1. The van der Waals surface area contributed by atoms with E-state index in [1.807, 2.05) is 6.92 Å². The molecule has 1 aromatic heterocycles. The molecule has 2 amide bonds. The van der Waals surface area contributed by atoms with Gasteiger partial charge >= 0.3 is 5.97 Å². The molecule has 2 aromatic carbocycles. The summed E-state index contributed by atoms with van der Waals surface area (Å²) in [6.45, 7) is 1.83. The fourth-order valence-electron chi connectivity index (χ4n) is 3.44. The van der Waals surface area contributed by atoms with E-state index in [0.29, 0.717) is 11.3 Å². The van der Waals surface area contributed by atoms with Crippen LogP contribution in [0, 0.1) is 6.92 Å². The van der Waals surface area contributed by atoms with E-state index in [4.69, 9.17) is 44.6 Å². The zero-order valence-corrected chi connectivity index (χ0v) is 20.2. The van der Waals surface area contributed by atoms with Crippen LogP contribution in [0.4, 0.5) is 5.69 Å². The molecule has 7 nitrogen and oxygen atoms in total. The molecule has 1 aliphatic heterocycles. The predicted octanol–water partition coefficient (Wildman–Crippen LogP) is 5.18. The average Bonchev–Trinajstić information content (AvgIpc) is 3.27. The number of carbonyl (C=O) groups is 3. The standard InChI is InChI=1S/C24H16Cl2N2O5S/c1-12-10-13(23(31)32-2)6-8-15(12)19-9-7-14(33-19)11-16-21(29)27-24(34)28(22(16)30)18-5-3-4-17(25)20(18)26/h3-11H,1-2H3,(H,27,29,34)/b16-11+. The number of nitrogens with one attached hydrogen (secondary N) is 1. The third-order valence-electron chi connectivity index (χ3n) is 5.10. The molecule has 0 aliphatic carbocycles. The smallest absolute Gasteiger partial charge is 0.337 e. The Morgan fingerprint density at radius 1 is 1.15 bits per heavy atom. The Balaban J connectivity index is 1.67. The molecule has 0 unspecified atom stereocenters. The van der Waals surface area contributed by atoms with E-state index in [1.165, 1.54) is 13.2 Å². The highest BCUT2D eigenvalue weighted by Crippen LogP contribution is 2.35. The van der Waals surface area contributed by atoms with Crippen LogP contribution in [0.15, 0.2) is 58.5 Å². The van der Waals surface area contributed by atoms with Gasteiger partial charge in [-0.25, -0.2) is 4.79 Å². The third-order valence-corrected chi connectivity index (χ3v) is 6.19. The quantitative estimate of drug-likeness (QED) is 0.223. The van der Waals surface area contributed by atoms with Crippen molar-refractivity contribution in [1.29, 1.82) is 0 Å². The normalized spacial score (nSPS) is 15.0. The first-order chi connectivity index (χ1) is 16.2. The number of rotatable bonds is 4. The number of hydrogen-bond acceptors (Lipinski definition) is 6. The molecule has 0 bridgehead atoms. The minimum Gasteiger partial charge on any atom is -0.465 e. The number of hydrogen-bond donors (Lipinski definition) is 1. The van der Waals surface area contributed by atoms with E-state index in [2.05, 4.69) is 5.32 Å². The molecule has 2 heterocycles. The van der Waals surface area contributed by atoms with Gasteiger partial charge in [-0.15, -0.1) is 0 Å². The first kappa shape index (κ1) is 23.7. The number of methoxy groups -OCH3 is 1. The zero-order chi connectivity index (χ0) is 24.6. The van der Waals surface area contributed by atoms with Gasteiger partial charge in [0.25, 0.3) is 11.8 Å². The zero-order valence-electron chi connectivity index (χ0n) is 17.8. The highest BCUT2D eigenvalue weighted by Gasteiger charge is 2.36. The minimum absolute atomic E-state index is 0.113. The van der Waals surface area contributed by atoms with E-state index in [9.17, 15) is 14.4 Å². The molecular formula is C24H16Cl2N2O5S. The number of benzene rings is 2. The van der Waals surface area contributed by atoms with Crippen LogP contribution in [0.1, 0.15) is 21.7 Å². The van der Waals surface area contributed by atoms with Crippen LogP contribution in [0.2, 0.25) is 10.0 Å². The summed E-state index contributed by atoms with van der Waals surface area (Å²) in [5.41, 5.74) is 2.00. The van der Waals surface area contributed by atoms with E-state index < -0.39 is 17.8 Å². The molecule has 0 atom stereocenters. The van der Waals surface area contributed by atoms with Gasteiger partial charge in [0.15, 0.2) is 5.11 Å². The largest absolute Gasteiger partial charge is 0.465 e. The van der Waals surface area contributed by atoms with Crippen molar-refractivity contribution in [2.45, 2.75) is 6.92 Å². The van der Waals surface area contributed by atoms with Crippen LogP contribution in [0.5, 0.6) is 0 Å². The molecule has 172 valence electrons. The van der Waals surface area contributed by atoms with E-state index >= 15 is 0 Å². The highest BCUT2D eigenvalue weighted by molar-refractivity contribution is 7.80. The lowest BCUT2D eigenvalue weighted by molar-refractivity contribution is -0.122. The van der Waals surface area contributed by atoms with Crippen molar-refractivity contribution < 1.29 is 23.5 Å². The Bertz CT molecular complexity index is 1400. The van der Waals surface area contributed by atoms with E-state index in [0.717, 1.165) is 16.0 Å². The second kappa shape index (κ2) is 9.42. The van der Waals surface area contributed by atoms with Gasteiger partial charge in [0, 0.05) is 5.56 Å². The first-order valence-electron chi connectivity index (χ1n) is 9.86. The van der Waals surface area contributed by atoms with Gasteiger partial charge in [-0.1, -0.05) is 35.3 Å². The molecular weight excluding hydrogens is 499 g/mol. The summed E-state index contributed by atoms with van der Waals surface area (Å²) < 4.78 is 10.6. The molecule has 1 fully saturated rings. The number of anilines is 1. The fourth-order valence-corrected chi connectivity index (χ4v) is 4.10. The van der Waals surface area contributed by atoms with Crippen molar-refractivity contribution in [3.63, 3.8) is 0 Å². The number of furan rings is 1. The molecule has 0 spiro atoms. The van der Waals surface area contributed by atoms with E-state index in [1.54, 1.807) is 48.5 Å². The Hall–Kier alpha value is -3.46. The van der Waals surface area contributed by atoms with Crippen LogP contribution in [0.25, 0.3) is 17.4 Å². The summed E-state index contributed by atoms with van der Waals surface area (Å²) in [5, 5.41) is 2.74. The highest BCUT2D eigenvalue weighted by atomic mass is 35.5. The van der Waals surface area contributed by atoms with Crippen LogP contribution < -0.4 is 10.2 Å². The lowest BCUT2D eigenvalue weighted by Crippen LogP contribution is -2.54. The van der Waals surface area contributed by atoms with Crippen molar-refractivity contribution in [2.75, 3.05) is 12.0 Å². The van der Waals surface area contributed by atoms with Crippen molar-refractivity contribution in [3.05, 3.63) is 81.0 Å². The van der Waals surface area contributed by atoms with Gasteiger partial charge in [0.2, 0.25) is 0 Å². The summed E-state index contributed by atoms with van der Waals surface area (Å²) in [4.78, 5) is 38.6. The first-order valence-corrected chi connectivity index (χ1v) is 11.0. The summed E-state index contributed by atoms with van der Waals surface area (Å²) >= 11 is 17.5. The molecule has 4 rings (SSSR count). The van der Waals surface area contributed by atoms with Gasteiger partial charge in [0.05, 0.1) is 28.4 Å². The van der Waals surface area contributed by atoms with Crippen LogP contribution in [-0.2, 0) is 14.3 Å². The molecule has 10 heteroatoms. The Kier molecular flexibility index (Phi) is 6.56. The maximum atomic E-state index is 13.2. The lowest BCUT2D eigenvalue weighted by Gasteiger charge is -2.29. The van der Waals surface area contributed by atoms with Gasteiger partial charge in [0.1, 0.15) is 17.1 Å². The van der Waals surface area contributed by atoms with Crippen LogP contribution in [-0.4, -0.2) is 30.0 Å². The fraction of sp³-hybridized carbons (Fsp3) is 0.0833. The van der Waals surface area contributed by atoms with Crippen molar-refractivity contribution in [1.82, 2.24) is 5.32 Å². The molecule has 1 N–H and O–H groups in total. The summed E-state index contributed by atoms with van der Waals surface area (Å²) in [7, 11) is 1.31. The molecule has 34 heavy (non-hydrogen) atoms. The Morgan fingerprint density at radius 3 is 2.62 bits per heavy atom. The number of aryl methyl sites for hydroxylation is 1. The van der Waals surface area contributed by atoms with Crippen LogP contribution >= 0.6 is 35.4 Å². The maximum absolute atomic E-state index is 13.2. The molecule has 0 radical (unpaired) electrons. The Labute approximate surface area is 209 Å². The van der Waals surface area contributed by atoms with Gasteiger partial charge in [-0.2, -0.15) is 0 Å². The van der Waals surface area contributed by atoms with Gasteiger partial charge in [-0.05, 0) is 67.2 Å². The number of esters is 1. The SMILES string of the molecule is COC(=O)c1ccc(-c2ccc(/C=C3\C(=O)NC(=S)N(c4cccc(Cl)c4Cl)C3=O)o2)c(C)c1. The summed E-state index contributed by atoms with van der Waals surface area (Å²) in [6, 6.07) is 13.1. The van der Waals surface area contributed by atoms with Crippen LogP contribution in [0.3, 0.4) is 0 Å². The number of nitrogens with zero attached hydrogens (tertiary/aromatic N) is 1. The maximum Gasteiger partial charge on any atom is 0.337 e. The monoisotopic (exact) mass is 514 g/mol. The predicted molar refractivity (Wildman–Crippen MR) is 133 cm³/mol. The average molecular weight is 515 g/mol. The molecule has 1 aliphatic rings. The Morgan fingerprint density at radius 2 is 1.91 bits per heavy atom. The van der Waals surface area contributed by atoms with Crippen molar-refractivity contribution in [3.8, 4) is 11.3 Å². The molecule has 3 aromatic rings. The third kappa shape index (κ3) is 4.35. The second-order valence-corrected chi connectivity index (χ2v) is 8.43. The topological polar surface area (TPSA) is 88.9 Å². The summed E-state index contributed by atoms with van der Waals surface area (Å²) in [6.07, 6.45) is 1.33. The molecule has 0 saturated carbocycles. The number of amides is 2. The number of halogens is 2. The van der Waals surface area contributed by atoms with Gasteiger partial charge in [-0.3, -0.25) is 19.8 Å². The number of carbonyl (C=O) groups excluding carboxylic acids is 3. The van der Waals surface area contributed by atoms with Gasteiger partial charge < -0.3 is 9.15 Å². The number of thiocarbonyl (C=S) groups is 1. The van der Waals surface area contributed by atoms with E-state index in [-0.39, 0.29) is 32.2 Å². The van der Waals surface area contributed by atoms with Crippen molar-refractivity contribution >= 4 is 70.1 Å². The lowest BCUT2D eigenvalue weighted by atomic mass is 10.0. The molecule has 1 saturated heterocycles.